The Morgan fingerprint density at radius 2 is 1.61 bits per heavy atom. The van der Waals surface area contributed by atoms with Gasteiger partial charge in [-0.2, -0.15) is 0 Å². The Morgan fingerprint density at radius 1 is 1.06 bits per heavy atom. The maximum Gasteiger partial charge on any atom is 0.307 e. The van der Waals surface area contributed by atoms with Crippen molar-refractivity contribution in [3.8, 4) is 0 Å². The van der Waals surface area contributed by atoms with Crippen molar-refractivity contribution < 1.29 is 9.90 Å². The second kappa shape index (κ2) is 5.21. The minimum absolute atomic E-state index is 0.0870. The summed E-state index contributed by atoms with van der Waals surface area (Å²) in [4.78, 5) is 10.7. The number of hydrogen-bond acceptors (Lipinski definition) is 1. The number of hydrogen-bond donors (Lipinski definition) is 1. The second-order valence-corrected chi connectivity index (χ2v) is 5.18. The van der Waals surface area contributed by atoms with E-state index >= 15 is 0 Å². The molecular weight excluding hydrogens is 224 g/mol. The summed E-state index contributed by atoms with van der Waals surface area (Å²) in [6, 6.07) is 12.3. The van der Waals surface area contributed by atoms with Crippen molar-refractivity contribution >= 4 is 16.7 Å². The van der Waals surface area contributed by atoms with Crippen LogP contribution in [-0.4, -0.2) is 11.1 Å². The molecule has 0 fully saturated rings. The molecule has 2 nitrogen and oxygen atoms in total. The van der Waals surface area contributed by atoms with Gasteiger partial charge in [0.2, 0.25) is 0 Å². The molecular formula is C16H18O2. The first kappa shape index (κ1) is 12.6. The Morgan fingerprint density at radius 3 is 2.17 bits per heavy atom. The van der Waals surface area contributed by atoms with Crippen LogP contribution < -0.4 is 0 Å². The molecule has 2 rings (SSSR count). The van der Waals surface area contributed by atoms with Crippen LogP contribution in [0.15, 0.2) is 36.4 Å². The van der Waals surface area contributed by atoms with Crippen LogP contribution in [0.4, 0.5) is 0 Å². The van der Waals surface area contributed by atoms with E-state index in [9.17, 15) is 4.79 Å². The van der Waals surface area contributed by atoms with Crippen LogP contribution in [0.3, 0.4) is 0 Å². The molecule has 0 amide bonds. The molecule has 1 N–H and O–H groups in total. The van der Waals surface area contributed by atoms with Gasteiger partial charge in [0.15, 0.2) is 0 Å². The fourth-order valence-corrected chi connectivity index (χ4v) is 2.23. The Labute approximate surface area is 107 Å². The van der Waals surface area contributed by atoms with Gasteiger partial charge in [0.25, 0.3) is 0 Å². The van der Waals surface area contributed by atoms with E-state index in [4.69, 9.17) is 5.11 Å². The van der Waals surface area contributed by atoms with Gasteiger partial charge < -0.3 is 5.11 Å². The first-order valence-electron chi connectivity index (χ1n) is 6.28. The molecule has 0 unspecified atom stereocenters. The number of rotatable bonds is 4. The largest absolute Gasteiger partial charge is 0.481 e. The lowest BCUT2D eigenvalue weighted by Gasteiger charge is -2.07. The number of benzene rings is 2. The molecule has 0 radical (unpaired) electrons. The summed E-state index contributed by atoms with van der Waals surface area (Å²) in [7, 11) is 0. The maximum absolute atomic E-state index is 10.7. The number of aliphatic carboxylic acids is 1. The molecule has 0 saturated heterocycles. The van der Waals surface area contributed by atoms with Gasteiger partial charge in [0, 0.05) is 0 Å². The normalized spacial score (nSPS) is 11.1. The van der Waals surface area contributed by atoms with Crippen molar-refractivity contribution in [3.05, 3.63) is 47.5 Å². The average molecular weight is 242 g/mol. The zero-order chi connectivity index (χ0) is 13.1. The highest BCUT2D eigenvalue weighted by atomic mass is 16.4. The van der Waals surface area contributed by atoms with E-state index in [1.54, 1.807) is 0 Å². The SMILES string of the molecule is CC(C)Cc1ccc2cc(CC(=O)O)ccc2c1. The molecule has 2 aromatic rings. The predicted octanol–water partition coefficient (Wildman–Crippen LogP) is 3.67. The Kier molecular flexibility index (Phi) is 3.66. The van der Waals surface area contributed by atoms with Crippen molar-refractivity contribution in [2.75, 3.05) is 0 Å². The predicted molar refractivity (Wildman–Crippen MR) is 73.8 cm³/mol. The average Bonchev–Trinajstić information content (AvgIpc) is 2.27. The maximum atomic E-state index is 10.7. The van der Waals surface area contributed by atoms with E-state index in [2.05, 4.69) is 32.0 Å². The summed E-state index contributed by atoms with van der Waals surface area (Å²) < 4.78 is 0. The van der Waals surface area contributed by atoms with Gasteiger partial charge in [0.1, 0.15) is 0 Å². The van der Waals surface area contributed by atoms with Gasteiger partial charge in [0.05, 0.1) is 6.42 Å². The summed E-state index contributed by atoms with van der Waals surface area (Å²) in [6.07, 6.45) is 1.16. The lowest BCUT2D eigenvalue weighted by atomic mass is 9.98. The highest BCUT2D eigenvalue weighted by Gasteiger charge is 2.03. The van der Waals surface area contributed by atoms with E-state index in [1.165, 1.54) is 10.9 Å². The topological polar surface area (TPSA) is 37.3 Å². The van der Waals surface area contributed by atoms with Crippen molar-refractivity contribution in [1.82, 2.24) is 0 Å². The first-order chi connectivity index (χ1) is 8.54. The molecule has 94 valence electrons. The van der Waals surface area contributed by atoms with E-state index in [-0.39, 0.29) is 6.42 Å². The molecule has 0 spiro atoms. The molecule has 2 heteroatoms. The first-order valence-corrected chi connectivity index (χ1v) is 6.28. The smallest absolute Gasteiger partial charge is 0.307 e. The summed E-state index contributed by atoms with van der Waals surface area (Å²) in [6.45, 7) is 4.42. The summed E-state index contributed by atoms with van der Waals surface area (Å²) in [5, 5.41) is 11.1. The fourth-order valence-electron chi connectivity index (χ4n) is 2.23. The molecule has 0 atom stereocenters. The quantitative estimate of drug-likeness (QED) is 0.888. The Bertz CT molecular complexity index is 570. The van der Waals surface area contributed by atoms with Gasteiger partial charge in [-0.1, -0.05) is 50.2 Å². The third kappa shape index (κ3) is 3.10. The van der Waals surface area contributed by atoms with Gasteiger partial charge in [-0.05, 0) is 34.2 Å². The fraction of sp³-hybridized carbons (Fsp3) is 0.312. The van der Waals surface area contributed by atoms with Crippen molar-refractivity contribution in [3.63, 3.8) is 0 Å². The molecule has 2 aromatic carbocycles. The highest BCUT2D eigenvalue weighted by Crippen LogP contribution is 2.20. The molecule has 0 aromatic heterocycles. The van der Waals surface area contributed by atoms with E-state index < -0.39 is 5.97 Å². The number of carboxylic acids is 1. The summed E-state index contributed by atoms with van der Waals surface area (Å²) in [5.74, 6) is -0.139. The Balaban J connectivity index is 2.32. The highest BCUT2D eigenvalue weighted by molar-refractivity contribution is 5.85. The monoisotopic (exact) mass is 242 g/mol. The number of carbonyl (C=O) groups is 1. The molecule has 0 saturated carbocycles. The molecule has 0 aliphatic rings. The lowest BCUT2D eigenvalue weighted by Crippen LogP contribution is -1.99. The summed E-state index contributed by atoms with van der Waals surface area (Å²) >= 11 is 0. The molecule has 0 heterocycles. The Hall–Kier alpha value is -1.83. The third-order valence-electron chi connectivity index (χ3n) is 2.97. The van der Waals surface area contributed by atoms with E-state index in [1.807, 2.05) is 18.2 Å². The zero-order valence-corrected chi connectivity index (χ0v) is 10.8. The van der Waals surface area contributed by atoms with Crippen LogP contribution in [0.5, 0.6) is 0 Å². The molecule has 0 aliphatic heterocycles. The zero-order valence-electron chi connectivity index (χ0n) is 10.8. The summed E-state index contributed by atoms with van der Waals surface area (Å²) in [5.41, 5.74) is 2.19. The van der Waals surface area contributed by atoms with Crippen LogP contribution in [0.1, 0.15) is 25.0 Å². The lowest BCUT2D eigenvalue weighted by molar-refractivity contribution is -0.136. The third-order valence-corrected chi connectivity index (χ3v) is 2.97. The van der Waals surface area contributed by atoms with Crippen LogP contribution in [0.25, 0.3) is 10.8 Å². The molecule has 18 heavy (non-hydrogen) atoms. The van der Waals surface area contributed by atoms with Crippen LogP contribution in [0.2, 0.25) is 0 Å². The molecule has 0 aliphatic carbocycles. The molecule has 0 bridgehead atoms. The van der Waals surface area contributed by atoms with Crippen molar-refractivity contribution in [2.24, 2.45) is 5.92 Å². The van der Waals surface area contributed by atoms with E-state index in [0.29, 0.717) is 5.92 Å². The van der Waals surface area contributed by atoms with Gasteiger partial charge >= 0.3 is 5.97 Å². The van der Waals surface area contributed by atoms with Gasteiger partial charge in [-0.15, -0.1) is 0 Å². The number of fused-ring (bicyclic) bond motifs is 1. The van der Waals surface area contributed by atoms with Crippen LogP contribution >= 0.6 is 0 Å². The van der Waals surface area contributed by atoms with E-state index in [0.717, 1.165) is 17.4 Å². The van der Waals surface area contributed by atoms with Gasteiger partial charge in [-0.25, -0.2) is 0 Å². The van der Waals surface area contributed by atoms with Gasteiger partial charge in [-0.3, -0.25) is 4.79 Å². The van der Waals surface area contributed by atoms with Crippen molar-refractivity contribution in [1.29, 1.82) is 0 Å². The van der Waals surface area contributed by atoms with Crippen LogP contribution in [-0.2, 0) is 17.6 Å². The standard InChI is InChI=1S/C16H18O2/c1-11(2)7-12-3-5-15-9-13(10-16(17)18)4-6-14(15)8-12/h3-6,8-9,11H,7,10H2,1-2H3,(H,17,18). The second-order valence-electron chi connectivity index (χ2n) is 5.18. The minimum Gasteiger partial charge on any atom is -0.481 e. The van der Waals surface area contributed by atoms with Crippen molar-refractivity contribution in [2.45, 2.75) is 26.7 Å². The van der Waals surface area contributed by atoms with Crippen LogP contribution in [0, 0.1) is 5.92 Å². The minimum atomic E-state index is -0.786. The number of carboxylic acid groups (broad SMARTS) is 1.